The first-order valence-corrected chi connectivity index (χ1v) is 9.53. The highest BCUT2D eigenvalue weighted by molar-refractivity contribution is 9.10. The predicted molar refractivity (Wildman–Crippen MR) is 111 cm³/mol. The summed E-state index contributed by atoms with van der Waals surface area (Å²) in [5.41, 5.74) is 1.64. The zero-order valence-corrected chi connectivity index (χ0v) is 16.9. The second kappa shape index (κ2) is 7.93. The van der Waals surface area contributed by atoms with Crippen molar-refractivity contribution in [2.75, 3.05) is 7.11 Å². The Morgan fingerprint density at radius 2 is 1.72 bits per heavy atom. The Hall–Kier alpha value is -3.38. The van der Waals surface area contributed by atoms with Gasteiger partial charge in [-0.25, -0.2) is 4.79 Å². The van der Waals surface area contributed by atoms with Crippen LogP contribution < -0.4 is 14.2 Å². The molecule has 0 atom stereocenters. The van der Waals surface area contributed by atoms with Crippen LogP contribution in [0.3, 0.4) is 0 Å². The predicted octanol–water partition coefficient (Wildman–Crippen LogP) is 5.29. The molecule has 6 heteroatoms. The molecule has 0 N–H and O–H groups in total. The van der Waals surface area contributed by atoms with Crippen molar-refractivity contribution < 1.29 is 23.8 Å². The van der Waals surface area contributed by atoms with Gasteiger partial charge in [0.15, 0.2) is 5.76 Å². The molecule has 0 spiro atoms. The number of allylic oxidation sites excluding steroid dienone is 1. The molecule has 0 bridgehead atoms. The van der Waals surface area contributed by atoms with Gasteiger partial charge >= 0.3 is 5.97 Å². The van der Waals surface area contributed by atoms with Gasteiger partial charge in [0, 0.05) is 10.5 Å². The minimum atomic E-state index is -0.504. The molecule has 0 radical (unpaired) electrons. The summed E-state index contributed by atoms with van der Waals surface area (Å²) in [5.74, 6) is 0.857. The molecule has 0 fully saturated rings. The third-order valence-electron chi connectivity index (χ3n) is 4.36. The maximum Gasteiger partial charge on any atom is 0.344 e. The standard InChI is InChI=1S/C23H15BrO5/c1-27-15-8-6-14(7-9-15)12-21-22(25)18-11-10-16(13-20(18)29-21)28-23(26)17-4-2-3-5-19(17)24/h2-13H,1H3. The van der Waals surface area contributed by atoms with Crippen molar-refractivity contribution in [3.8, 4) is 17.2 Å². The average molecular weight is 451 g/mol. The lowest BCUT2D eigenvalue weighted by Gasteiger charge is -2.07. The van der Waals surface area contributed by atoms with E-state index in [1.54, 1.807) is 55.7 Å². The monoisotopic (exact) mass is 450 g/mol. The van der Waals surface area contributed by atoms with Crippen LogP contribution in [0.5, 0.6) is 17.2 Å². The summed E-state index contributed by atoms with van der Waals surface area (Å²) in [6, 6.07) is 19.0. The lowest BCUT2D eigenvalue weighted by molar-refractivity contribution is 0.0733. The quantitative estimate of drug-likeness (QED) is 0.306. The van der Waals surface area contributed by atoms with Crippen LogP contribution in [-0.4, -0.2) is 18.9 Å². The molecule has 29 heavy (non-hydrogen) atoms. The van der Waals surface area contributed by atoms with Crippen molar-refractivity contribution in [1.29, 1.82) is 0 Å². The summed E-state index contributed by atoms with van der Waals surface area (Å²) >= 11 is 3.33. The molecule has 3 aromatic carbocycles. The third kappa shape index (κ3) is 3.93. The van der Waals surface area contributed by atoms with Gasteiger partial charge in [0.05, 0.1) is 18.2 Å². The van der Waals surface area contributed by atoms with Gasteiger partial charge in [-0.3, -0.25) is 4.79 Å². The Morgan fingerprint density at radius 1 is 1.00 bits per heavy atom. The van der Waals surface area contributed by atoms with Crippen LogP contribution in [0.25, 0.3) is 6.08 Å². The minimum Gasteiger partial charge on any atom is -0.497 e. The lowest BCUT2D eigenvalue weighted by atomic mass is 10.1. The summed E-state index contributed by atoms with van der Waals surface area (Å²) in [4.78, 5) is 25.0. The number of carbonyl (C=O) groups is 2. The molecular weight excluding hydrogens is 436 g/mol. The molecule has 0 saturated carbocycles. The van der Waals surface area contributed by atoms with Crippen molar-refractivity contribution in [2.24, 2.45) is 0 Å². The number of rotatable bonds is 4. The van der Waals surface area contributed by atoms with Crippen LogP contribution in [-0.2, 0) is 0 Å². The van der Waals surface area contributed by atoms with E-state index in [0.29, 0.717) is 27.1 Å². The number of fused-ring (bicyclic) bond motifs is 1. The molecule has 0 amide bonds. The molecule has 1 heterocycles. The highest BCUT2D eigenvalue weighted by Crippen LogP contribution is 2.35. The molecule has 0 saturated heterocycles. The molecule has 1 aliphatic heterocycles. The number of carbonyl (C=O) groups excluding carboxylic acids is 2. The number of methoxy groups -OCH3 is 1. The highest BCUT2D eigenvalue weighted by atomic mass is 79.9. The normalized spacial score (nSPS) is 13.7. The van der Waals surface area contributed by atoms with Gasteiger partial charge in [-0.2, -0.15) is 0 Å². The molecule has 1 aliphatic rings. The number of benzene rings is 3. The van der Waals surface area contributed by atoms with E-state index < -0.39 is 5.97 Å². The largest absolute Gasteiger partial charge is 0.497 e. The van der Waals surface area contributed by atoms with Crippen molar-refractivity contribution in [2.45, 2.75) is 0 Å². The zero-order valence-electron chi connectivity index (χ0n) is 15.3. The molecule has 5 nitrogen and oxygen atoms in total. The first-order valence-electron chi connectivity index (χ1n) is 8.74. The second-order valence-corrected chi connectivity index (χ2v) is 7.09. The van der Waals surface area contributed by atoms with Gasteiger partial charge in [-0.05, 0) is 64.0 Å². The van der Waals surface area contributed by atoms with Gasteiger partial charge in [0.1, 0.15) is 17.2 Å². The maximum absolute atomic E-state index is 12.6. The number of halogens is 1. The average Bonchev–Trinajstić information content (AvgIpc) is 3.03. The molecule has 0 aromatic heterocycles. The third-order valence-corrected chi connectivity index (χ3v) is 5.05. The van der Waals surface area contributed by atoms with E-state index in [1.165, 1.54) is 6.07 Å². The minimum absolute atomic E-state index is 0.208. The molecule has 3 aromatic rings. The Labute approximate surface area is 175 Å². The number of ether oxygens (including phenoxy) is 3. The fourth-order valence-electron chi connectivity index (χ4n) is 2.87. The number of hydrogen-bond acceptors (Lipinski definition) is 5. The van der Waals surface area contributed by atoms with E-state index in [0.717, 1.165) is 11.3 Å². The smallest absolute Gasteiger partial charge is 0.344 e. The Kier molecular flexibility index (Phi) is 5.18. The van der Waals surface area contributed by atoms with E-state index in [-0.39, 0.29) is 11.5 Å². The van der Waals surface area contributed by atoms with E-state index in [4.69, 9.17) is 14.2 Å². The van der Waals surface area contributed by atoms with E-state index >= 15 is 0 Å². The number of hydrogen-bond donors (Lipinski definition) is 0. The fraction of sp³-hybridized carbons (Fsp3) is 0.0435. The van der Waals surface area contributed by atoms with Crippen LogP contribution in [0.4, 0.5) is 0 Å². The van der Waals surface area contributed by atoms with E-state index in [1.807, 2.05) is 18.2 Å². The highest BCUT2D eigenvalue weighted by Gasteiger charge is 2.28. The van der Waals surface area contributed by atoms with Crippen molar-refractivity contribution in [3.63, 3.8) is 0 Å². The van der Waals surface area contributed by atoms with Gasteiger partial charge in [-0.1, -0.05) is 24.3 Å². The number of Topliss-reactive ketones (excluding diaryl/α,β-unsaturated/α-hetero) is 1. The van der Waals surface area contributed by atoms with Crippen molar-refractivity contribution in [1.82, 2.24) is 0 Å². The van der Waals surface area contributed by atoms with Gasteiger partial charge in [-0.15, -0.1) is 0 Å². The van der Waals surface area contributed by atoms with E-state index in [2.05, 4.69) is 15.9 Å². The summed E-state index contributed by atoms with van der Waals surface area (Å²) in [7, 11) is 1.59. The number of ketones is 1. The Bertz CT molecular complexity index is 1130. The van der Waals surface area contributed by atoms with Crippen LogP contribution in [0.15, 0.2) is 77.0 Å². The van der Waals surface area contributed by atoms with Crippen LogP contribution in [0.1, 0.15) is 26.3 Å². The van der Waals surface area contributed by atoms with Crippen molar-refractivity contribution in [3.05, 3.63) is 93.7 Å². The lowest BCUT2D eigenvalue weighted by Crippen LogP contribution is -2.09. The summed E-state index contributed by atoms with van der Waals surface area (Å²) in [6.45, 7) is 0. The molecular formula is C23H15BrO5. The summed E-state index contributed by atoms with van der Waals surface area (Å²) in [5, 5.41) is 0. The zero-order chi connectivity index (χ0) is 20.4. The van der Waals surface area contributed by atoms with Gasteiger partial charge < -0.3 is 14.2 Å². The van der Waals surface area contributed by atoms with Crippen LogP contribution in [0, 0.1) is 0 Å². The molecule has 0 unspecified atom stereocenters. The molecule has 4 rings (SSSR count). The summed E-state index contributed by atoms with van der Waals surface area (Å²) < 4.78 is 16.9. The fourth-order valence-corrected chi connectivity index (χ4v) is 3.32. The van der Waals surface area contributed by atoms with Gasteiger partial charge in [0.25, 0.3) is 0 Å². The van der Waals surface area contributed by atoms with Crippen molar-refractivity contribution >= 4 is 33.8 Å². The maximum atomic E-state index is 12.6. The van der Waals surface area contributed by atoms with E-state index in [9.17, 15) is 9.59 Å². The first-order chi connectivity index (χ1) is 14.0. The SMILES string of the molecule is COc1ccc(C=C2Oc3cc(OC(=O)c4ccccc4Br)ccc3C2=O)cc1. The topological polar surface area (TPSA) is 61.8 Å². The molecule has 144 valence electrons. The molecule has 0 aliphatic carbocycles. The summed E-state index contributed by atoms with van der Waals surface area (Å²) in [6.07, 6.45) is 1.66. The Morgan fingerprint density at radius 3 is 2.45 bits per heavy atom. The Balaban J connectivity index is 1.54. The van der Waals surface area contributed by atoms with Crippen LogP contribution >= 0.6 is 15.9 Å². The second-order valence-electron chi connectivity index (χ2n) is 6.24. The first kappa shape index (κ1) is 19.0. The van der Waals surface area contributed by atoms with Crippen LogP contribution in [0.2, 0.25) is 0 Å². The number of esters is 1. The van der Waals surface area contributed by atoms with Gasteiger partial charge in [0.2, 0.25) is 5.78 Å².